The summed E-state index contributed by atoms with van der Waals surface area (Å²) in [6.07, 6.45) is 0. The molecule has 0 spiro atoms. The summed E-state index contributed by atoms with van der Waals surface area (Å²) >= 11 is 0. The Bertz CT molecular complexity index is 1390. The zero-order valence-electron chi connectivity index (χ0n) is 20.0. The zero-order chi connectivity index (χ0) is 24.4. The number of nitrogens with zero attached hydrogens (tertiary/aromatic N) is 5. The summed E-state index contributed by atoms with van der Waals surface area (Å²) in [5.74, 6) is 2.31. The molecule has 0 radical (unpaired) electrons. The summed E-state index contributed by atoms with van der Waals surface area (Å²) in [6.45, 7) is 5.42. The van der Waals surface area contributed by atoms with E-state index in [1.807, 2.05) is 31.2 Å². The van der Waals surface area contributed by atoms with Crippen LogP contribution >= 0.6 is 0 Å². The largest absolute Gasteiger partial charge is 0.493 e. The number of ether oxygens (including phenoxy) is 3. The quantitative estimate of drug-likeness (QED) is 0.397. The Hall–Kier alpha value is -3.76. The highest BCUT2D eigenvalue weighted by molar-refractivity contribution is 5.82. The van der Waals surface area contributed by atoms with Gasteiger partial charge in [-0.2, -0.15) is 0 Å². The molecule has 3 heterocycles. The van der Waals surface area contributed by atoms with Crippen molar-refractivity contribution in [3.8, 4) is 23.0 Å². The van der Waals surface area contributed by atoms with E-state index in [1.165, 1.54) is 7.11 Å². The predicted octanol–water partition coefficient (Wildman–Crippen LogP) is 2.65. The van der Waals surface area contributed by atoms with Crippen LogP contribution in [-0.2, 0) is 17.8 Å². The molecule has 0 N–H and O–H groups in total. The molecular weight excluding hydrogens is 450 g/mol. The molecule has 182 valence electrons. The van der Waals surface area contributed by atoms with Crippen molar-refractivity contribution in [2.45, 2.75) is 20.0 Å². The summed E-state index contributed by atoms with van der Waals surface area (Å²) in [5, 5.41) is 8.80. The van der Waals surface area contributed by atoms with Gasteiger partial charge < -0.3 is 18.6 Å². The number of hydrogen-bond acceptors (Lipinski definition) is 9. The highest BCUT2D eigenvalue weighted by Crippen LogP contribution is 2.30. The molecule has 2 aromatic heterocycles. The molecule has 4 aromatic rings. The fourth-order valence-corrected chi connectivity index (χ4v) is 4.10. The Morgan fingerprint density at radius 3 is 2.40 bits per heavy atom. The van der Waals surface area contributed by atoms with E-state index in [9.17, 15) is 4.79 Å². The van der Waals surface area contributed by atoms with Crippen molar-refractivity contribution in [1.29, 1.82) is 0 Å². The standard InChI is InChI=1S/C25H27N5O5/c1-16-4-6-17(7-5-16)24-28-27-23(35-24)15-30-22(14-29-8-10-34-11-9-29)26-19-13-21(33-3)20(32-2)12-18(19)25(30)31/h4-7,12-13H,8-11,14-15H2,1-3H3. The second kappa shape index (κ2) is 9.85. The van der Waals surface area contributed by atoms with Gasteiger partial charge >= 0.3 is 0 Å². The van der Waals surface area contributed by atoms with Crippen LogP contribution in [0.4, 0.5) is 0 Å². The molecule has 0 saturated carbocycles. The third-order valence-electron chi connectivity index (χ3n) is 6.07. The molecule has 1 aliphatic heterocycles. The maximum Gasteiger partial charge on any atom is 0.262 e. The minimum absolute atomic E-state index is 0.106. The van der Waals surface area contributed by atoms with Gasteiger partial charge in [0, 0.05) is 24.7 Å². The van der Waals surface area contributed by atoms with Gasteiger partial charge in [0.25, 0.3) is 5.56 Å². The number of morpholine rings is 1. The molecule has 0 aliphatic carbocycles. The van der Waals surface area contributed by atoms with Crippen LogP contribution < -0.4 is 15.0 Å². The number of hydrogen-bond donors (Lipinski definition) is 0. The maximum absolute atomic E-state index is 13.7. The lowest BCUT2D eigenvalue weighted by atomic mass is 10.1. The van der Waals surface area contributed by atoms with E-state index in [-0.39, 0.29) is 12.1 Å². The van der Waals surface area contributed by atoms with E-state index in [2.05, 4.69) is 15.1 Å². The first-order valence-corrected chi connectivity index (χ1v) is 11.4. The minimum atomic E-state index is -0.214. The summed E-state index contributed by atoms with van der Waals surface area (Å²) in [7, 11) is 3.09. The van der Waals surface area contributed by atoms with Gasteiger partial charge in [-0.1, -0.05) is 17.7 Å². The number of aryl methyl sites for hydroxylation is 1. The summed E-state index contributed by atoms with van der Waals surface area (Å²) in [5.41, 5.74) is 2.29. The van der Waals surface area contributed by atoms with Crippen LogP contribution in [0.25, 0.3) is 22.4 Å². The smallest absolute Gasteiger partial charge is 0.262 e. The van der Waals surface area contributed by atoms with Crippen molar-refractivity contribution >= 4 is 10.9 Å². The number of fused-ring (bicyclic) bond motifs is 1. The van der Waals surface area contributed by atoms with Crippen LogP contribution in [0.5, 0.6) is 11.5 Å². The van der Waals surface area contributed by atoms with Gasteiger partial charge in [0.15, 0.2) is 11.5 Å². The Balaban J connectivity index is 1.56. The second-order valence-corrected chi connectivity index (χ2v) is 8.40. The van der Waals surface area contributed by atoms with Gasteiger partial charge in [0.05, 0.1) is 44.9 Å². The molecule has 35 heavy (non-hydrogen) atoms. The van der Waals surface area contributed by atoms with E-state index >= 15 is 0 Å². The molecule has 0 amide bonds. The third-order valence-corrected chi connectivity index (χ3v) is 6.07. The molecule has 1 aliphatic rings. The summed E-state index contributed by atoms with van der Waals surface area (Å²) in [4.78, 5) is 20.7. The SMILES string of the molecule is COc1cc2nc(CN3CCOCC3)n(Cc3nnc(-c4ccc(C)cc4)o3)c(=O)c2cc1OC. The Labute approximate surface area is 202 Å². The number of benzene rings is 2. The average molecular weight is 478 g/mol. The molecular formula is C25H27N5O5. The predicted molar refractivity (Wildman–Crippen MR) is 129 cm³/mol. The topological polar surface area (TPSA) is 105 Å². The Morgan fingerprint density at radius 1 is 0.971 bits per heavy atom. The molecule has 10 heteroatoms. The lowest BCUT2D eigenvalue weighted by Crippen LogP contribution is -2.38. The highest BCUT2D eigenvalue weighted by Gasteiger charge is 2.20. The Kier molecular flexibility index (Phi) is 6.47. The van der Waals surface area contributed by atoms with Gasteiger partial charge in [0.2, 0.25) is 11.8 Å². The fraction of sp³-hybridized carbons (Fsp3) is 0.360. The monoisotopic (exact) mass is 477 g/mol. The molecule has 1 saturated heterocycles. The highest BCUT2D eigenvalue weighted by atomic mass is 16.5. The summed E-state index contributed by atoms with van der Waals surface area (Å²) < 4.78 is 23.8. The van der Waals surface area contributed by atoms with Gasteiger partial charge in [-0.3, -0.25) is 14.3 Å². The van der Waals surface area contributed by atoms with Gasteiger partial charge in [-0.15, -0.1) is 10.2 Å². The molecule has 5 rings (SSSR count). The summed E-state index contributed by atoms with van der Waals surface area (Å²) in [6, 6.07) is 11.2. The van der Waals surface area contributed by atoms with Crippen molar-refractivity contribution in [2.75, 3.05) is 40.5 Å². The fourth-order valence-electron chi connectivity index (χ4n) is 4.10. The van der Waals surface area contributed by atoms with E-state index in [0.29, 0.717) is 59.8 Å². The van der Waals surface area contributed by atoms with E-state index < -0.39 is 0 Å². The van der Waals surface area contributed by atoms with Crippen molar-refractivity contribution in [1.82, 2.24) is 24.6 Å². The van der Waals surface area contributed by atoms with Crippen LogP contribution in [-0.4, -0.2) is 65.2 Å². The molecule has 2 aromatic carbocycles. The van der Waals surface area contributed by atoms with E-state index in [1.54, 1.807) is 23.8 Å². The molecule has 1 fully saturated rings. The Morgan fingerprint density at radius 2 is 1.69 bits per heavy atom. The van der Waals surface area contributed by atoms with Crippen LogP contribution in [0.3, 0.4) is 0 Å². The van der Waals surface area contributed by atoms with Crippen LogP contribution in [0, 0.1) is 6.92 Å². The average Bonchev–Trinajstić information content (AvgIpc) is 3.35. The van der Waals surface area contributed by atoms with Crippen molar-refractivity contribution in [3.05, 3.63) is 64.0 Å². The van der Waals surface area contributed by atoms with Crippen molar-refractivity contribution in [2.24, 2.45) is 0 Å². The number of aromatic nitrogens is 4. The first kappa shape index (κ1) is 23.0. The lowest BCUT2D eigenvalue weighted by molar-refractivity contribution is 0.0324. The maximum atomic E-state index is 13.7. The molecule has 10 nitrogen and oxygen atoms in total. The molecule has 0 atom stereocenters. The zero-order valence-corrected chi connectivity index (χ0v) is 20.0. The number of rotatable bonds is 7. The van der Waals surface area contributed by atoms with Crippen molar-refractivity contribution < 1.29 is 18.6 Å². The number of methoxy groups -OCH3 is 2. The first-order valence-electron chi connectivity index (χ1n) is 11.4. The minimum Gasteiger partial charge on any atom is -0.493 e. The van der Waals surface area contributed by atoms with Gasteiger partial charge in [-0.05, 0) is 25.1 Å². The van der Waals surface area contributed by atoms with E-state index in [4.69, 9.17) is 23.6 Å². The van der Waals surface area contributed by atoms with Crippen LogP contribution in [0.1, 0.15) is 17.3 Å². The lowest BCUT2D eigenvalue weighted by Gasteiger charge is -2.27. The van der Waals surface area contributed by atoms with Crippen LogP contribution in [0.2, 0.25) is 0 Å². The van der Waals surface area contributed by atoms with Gasteiger partial charge in [0.1, 0.15) is 12.4 Å². The molecule has 0 unspecified atom stereocenters. The van der Waals surface area contributed by atoms with Crippen LogP contribution in [0.15, 0.2) is 45.6 Å². The van der Waals surface area contributed by atoms with Crippen molar-refractivity contribution in [3.63, 3.8) is 0 Å². The normalized spacial score (nSPS) is 14.4. The van der Waals surface area contributed by atoms with Gasteiger partial charge in [-0.25, -0.2) is 4.98 Å². The molecule has 0 bridgehead atoms. The van der Waals surface area contributed by atoms with E-state index in [0.717, 1.165) is 24.2 Å². The third kappa shape index (κ3) is 4.75. The second-order valence-electron chi connectivity index (χ2n) is 8.40. The first-order chi connectivity index (χ1) is 17.1.